The second kappa shape index (κ2) is 12.6. The van der Waals surface area contributed by atoms with Gasteiger partial charge in [0, 0.05) is 34.6 Å². The van der Waals surface area contributed by atoms with Gasteiger partial charge in [-0.05, 0) is 48.0 Å². The lowest BCUT2D eigenvalue weighted by molar-refractivity contribution is 0.0591. The Morgan fingerprint density at radius 3 is 2.02 bits per heavy atom. The molecule has 0 saturated heterocycles. The summed E-state index contributed by atoms with van der Waals surface area (Å²) in [6, 6.07) is 19.3. The minimum atomic E-state index is -0.720. The number of ether oxygens (including phenoxy) is 6. The Morgan fingerprint density at radius 1 is 0.767 bits per heavy atom. The first-order valence-corrected chi connectivity index (χ1v) is 13.2. The van der Waals surface area contributed by atoms with E-state index in [-0.39, 0.29) is 17.7 Å². The number of fused-ring (bicyclic) bond motifs is 1. The number of carbonyl (C=O) groups excluding carboxylic acids is 1. The highest BCUT2D eigenvalue weighted by molar-refractivity contribution is 6.08. The molecule has 220 valence electrons. The Balaban J connectivity index is 1.90. The molecular weight excluding hydrogens is 552 g/mol. The van der Waals surface area contributed by atoms with E-state index >= 15 is 0 Å². The third-order valence-electron chi connectivity index (χ3n) is 6.93. The van der Waals surface area contributed by atoms with Crippen LogP contribution < -0.4 is 29.2 Å². The summed E-state index contributed by atoms with van der Waals surface area (Å²) in [4.78, 5) is 32.0. The number of hydrogen-bond acceptors (Lipinski definition) is 9. The van der Waals surface area contributed by atoms with Gasteiger partial charge in [0.1, 0.15) is 12.3 Å². The van der Waals surface area contributed by atoms with Gasteiger partial charge in [0.15, 0.2) is 23.0 Å². The van der Waals surface area contributed by atoms with Crippen LogP contribution in [0.3, 0.4) is 0 Å². The standard InChI is InChI=1S/C33H30N2O8/c1-38-25-16-23-24(17-26(25)43-19-20-10-9-13-34-18-20)32(36)35(22-11-7-6-8-12-22)30(33(37)42-5)29(23)21-14-27(39-2)31(41-4)28(15-21)40-3/h6-18H,19H2,1-5H3. The van der Waals surface area contributed by atoms with E-state index in [0.29, 0.717) is 50.9 Å². The summed E-state index contributed by atoms with van der Waals surface area (Å²) < 4.78 is 35.2. The van der Waals surface area contributed by atoms with Gasteiger partial charge in [-0.25, -0.2) is 4.79 Å². The summed E-state index contributed by atoms with van der Waals surface area (Å²) in [5.74, 6) is 1.08. The average Bonchev–Trinajstić information content (AvgIpc) is 3.06. The van der Waals surface area contributed by atoms with Crippen LogP contribution in [0.15, 0.2) is 83.9 Å². The monoisotopic (exact) mass is 582 g/mol. The van der Waals surface area contributed by atoms with Crippen molar-refractivity contribution in [3.05, 3.63) is 101 Å². The van der Waals surface area contributed by atoms with E-state index in [0.717, 1.165) is 5.56 Å². The molecular formula is C33H30N2O8. The molecule has 0 radical (unpaired) electrons. The second-order valence-electron chi connectivity index (χ2n) is 9.30. The number of rotatable bonds is 10. The highest BCUT2D eigenvalue weighted by Gasteiger charge is 2.28. The summed E-state index contributed by atoms with van der Waals surface area (Å²) in [5.41, 5.74) is 1.76. The number of benzene rings is 3. The number of pyridine rings is 2. The first-order valence-electron chi connectivity index (χ1n) is 13.2. The van der Waals surface area contributed by atoms with Gasteiger partial charge >= 0.3 is 5.97 Å². The summed E-state index contributed by atoms with van der Waals surface area (Å²) >= 11 is 0. The zero-order valence-corrected chi connectivity index (χ0v) is 24.4. The lowest BCUT2D eigenvalue weighted by atomic mass is 9.95. The Morgan fingerprint density at radius 2 is 1.44 bits per heavy atom. The lowest BCUT2D eigenvalue weighted by Crippen LogP contribution is -2.27. The van der Waals surface area contributed by atoms with Gasteiger partial charge in [-0.2, -0.15) is 0 Å². The Bertz CT molecular complexity index is 1810. The lowest BCUT2D eigenvalue weighted by Gasteiger charge is -2.21. The number of carbonyl (C=O) groups is 1. The third-order valence-corrected chi connectivity index (χ3v) is 6.93. The van der Waals surface area contributed by atoms with Gasteiger partial charge in [0.25, 0.3) is 5.56 Å². The molecule has 43 heavy (non-hydrogen) atoms. The highest BCUT2D eigenvalue weighted by Crippen LogP contribution is 2.45. The number of nitrogens with zero attached hydrogens (tertiary/aromatic N) is 2. The van der Waals surface area contributed by atoms with Crippen LogP contribution in [0.4, 0.5) is 0 Å². The predicted molar refractivity (Wildman–Crippen MR) is 161 cm³/mol. The van der Waals surface area contributed by atoms with Crippen molar-refractivity contribution >= 4 is 16.7 Å². The fourth-order valence-corrected chi connectivity index (χ4v) is 4.95. The molecule has 5 rings (SSSR count). The summed E-state index contributed by atoms with van der Waals surface area (Å²) in [7, 11) is 7.27. The maximum atomic E-state index is 14.3. The van der Waals surface area contributed by atoms with Crippen LogP contribution in [0.5, 0.6) is 28.7 Å². The van der Waals surface area contributed by atoms with E-state index in [1.807, 2.05) is 18.2 Å². The SMILES string of the molecule is COC(=O)c1c(-c2cc(OC)c(OC)c(OC)c2)c2cc(OC)c(OCc3cccnc3)cc2c(=O)n1-c1ccccc1. The van der Waals surface area contributed by atoms with Crippen molar-refractivity contribution in [3.8, 4) is 45.6 Å². The van der Waals surface area contributed by atoms with Gasteiger partial charge in [0.05, 0.1) is 40.9 Å². The molecule has 0 bridgehead atoms. The maximum Gasteiger partial charge on any atom is 0.355 e. The molecule has 0 aliphatic rings. The average molecular weight is 583 g/mol. The number of aromatic nitrogens is 2. The van der Waals surface area contributed by atoms with Crippen LogP contribution in [0.1, 0.15) is 16.1 Å². The molecule has 10 nitrogen and oxygen atoms in total. The molecule has 0 fully saturated rings. The van der Waals surface area contributed by atoms with Crippen molar-refractivity contribution in [1.29, 1.82) is 0 Å². The maximum absolute atomic E-state index is 14.3. The largest absolute Gasteiger partial charge is 0.493 e. The normalized spacial score (nSPS) is 10.7. The highest BCUT2D eigenvalue weighted by atomic mass is 16.5. The van der Waals surface area contributed by atoms with E-state index in [4.69, 9.17) is 28.4 Å². The van der Waals surface area contributed by atoms with E-state index in [1.165, 1.54) is 40.1 Å². The Kier molecular flexibility index (Phi) is 8.47. The summed E-state index contributed by atoms with van der Waals surface area (Å²) in [6.45, 7) is 0.197. The predicted octanol–water partition coefficient (Wildman–Crippen LogP) is 5.45. The molecule has 5 aromatic rings. The molecule has 0 spiro atoms. The summed E-state index contributed by atoms with van der Waals surface area (Å²) in [6.07, 6.45) is 3.37. The van der Waals surface area contributed by atoms with Crippen molar-refractivity contribution in [2.75, 3.05) is 35.5 Å². The molecule has 3 aromatic carbocycles. The molecule has 10 heteroatoms. The number of methoxy groups -OCH3 is 5. The van der Waals surface area contributed by atoms with Gasteiger partial charge in [-0.1, -0.05) is 24.3 Å². The van der Waals surface area contributed by atoms with Crippen molar-refractivity contribution in [3.63, 3.8) is 0 Å². The van der Waals surface area contributed by atoms with E-state index in [9.17, 15) is 9.59 Å². The molecule has 0 saturated carbocycles. The molecule has 0 amide bonds. The van der Waals surface area contributed by atoms with Gasteiger partial charge in [-0.15, -0.1) is 0 Å². The van der Waals surface area contributed by atoms with Gasteiger partial charge < -0.3 is 28.4 Å². The van der Waals surface area contributed by atoms with E-state index in [1.54, 1.807) is 60.9 Å². The van der Waals surface area contributed by atoms with Crippen LogP contribution in [-0.4, -0.2) is 51.1 Å². The van der Waals surface area contributed by atoms with E-state index < -0.39 is 11.5 Å². The van der Waals surface area contributed by atoms with Crippen LogP contribution in [0, 0.1) is 0 Å². The van der Waals surface area contributed by atoms with Crippen molar-refractivity contribution in [2.24, 2.45) is 0 Å². The fourth-order valence-electron chi connectivity index (χ4n) is 4.95. The van der Waals surface area contributed by atoms with E-state index in [2.05, 4.69) is 4.98 Å². The van der Waals surface area contributed by atoms with Gasteiger partial charge in [-0.3, -0.25) is 14.3 Å². The Labute approximate surface area is 247 Å². The topological polar surface area (TPSA) is 107 Å². The zero-order valence-electron chi connectivity index (χ0n) is 24.4. The van der Waals surface area contributed by atoms with Crippen molar-refractivity contribution < 1.29 is 33.2 Å². The first kappa shape index (κ1) is 29.0. The fraction of sp³-hybridized carbons (Fsp3) is 0.182. The van der Waals surface area contributed by atoms with Gasteiger partial charge in [0.2, 0.25) is 5.75 Å². The van der Waals surface area contributed by atoms with Crippen LogP contribution >= 0.6 is 0 Å². The second-order valence-corrected chi connectivity index (χ2v) is 9.30. The smallest absolute Gasteiger partial charge is 0.355 e. The Hall–Kier alpha value is -5.51. The number of hydrogen-bond donors (Lipinski definition) is 0. The molecule has 0 unspecified atom stereocenters. The van der Waals surface area contributed by atoms with Crippen LogP contribution in [0.25, 0.3) is 27.6 Å². The molecule has 0 atom stereocenters. The zero-order chi connectivity index (χ0) is 30.5. The summed E-state index contributed by atoms with van der Waals surface area (Å²) in [5, 5.41) is 0.708. The number of para-hydroxylation sites is 1. The third kappa shape index (κ3) is 5.42. The molecule has 0 N–H and O–H groups in total. The minimum Gasteiger partial charge on any atom is -0.493 e. The van der Waals surface area contributed by atoms with Crippen LogP contribution in [-0.2, 0) is 11.3 Å². The van der Waals surface area contributed by atoms with Crippen LogP contribution in [0.2, 0.25) is 0 Å². The molecule has 2 aromatic heterocycles. The first-order chi connectivity index (χ1) is 20.9. The molecule has 0 aliphatic carbocycles. The quantitative estimate of drug-likeness (QED) is 0.199. The number of esters is 1. The van der Waals surface area contributed by atoms with Crippen molar-refractivity contribution in [1.82, 2.24) is 9.55 Å². The minimum absolute atomic E-state index is 0.00607. The molecule has 2 heterocycles. The molecule has 0 aliphatic heterocycles. The van der Waals surface area contributed by atoms with Crippen molar-refractivity contribution in [2.45, 2.75) is 6.61 Å².